The number of likely N-dealkylation sites (tertiary alicyclic amines) is 1. The minimum Gasteiger partial charge on any atom is -0.339 e. The van der Waals surface area contributed by atoms with Crippen molar-refractivity contribution in [3.8, 4) is 0 Å². The van der Waals surface area contributed by atoms with Crippen molar-refractivity contribution < 1.29 is 63.5 Å². The first-order valence-electron chi connectivity index (χ1n) is 16.5. The van der Waals surface area contributed by atoms with E-state index in [9.17, 15) is 58.7 Å². The summed E-state index contributed by atoms with van der Waals surface area (Å²) in [6.45, 7) is 1.18. The zero-order valence-electron chi connectivity index (χ0n) is 29.6. The van der Waals surface area contributed by atoms with Gasteiger partial charge in [0, 0.05) is 44.1 Å². The summed E-state index contributed by atoms with van der Waals surface area (Å²) in [7, 11) is 1.80. The summed E-state index contributed by atoms with van der Waals surface area (Å²) >= 11 is 6.37. The van der Waals surface area contributed by atoms with Crippen LogP contribution in [0.1, 0.15) is 34.5 Å². The summed E-state index contributed by atoms with van der Waals surface area (Å²) in [5, 5.41) is 9.96. The number of amides is 2. The lowest BCUT2D eigenvalue weighted by molar-refractivity contribution is -0.193. The monoisotopic (exact) mass is 849 g/mol. The third kappa shape index (κ3) is 12.7. The molecular formula is C34H29ClF9N9O5. The molecule has 2 amide bonds. The quantitative estimate of drug-likeness (QED) is 0.116. The molecule has 58 heavy (non-hydrogen) atoms. The van der Waals surface area contributed by atoms with Gasteiger partial charge in [0.2, 0.25) is 18.1 Å². The third-order valence-corrected chi connectivity index (χ3v) is 8.33. The maximum absolute atomic E-state index is 13.1. The lowest BCUT2D eigenvalue weighted by atomic mass is 10.0. The average molecular weight is 850 g/mol. The Kier molecular flexibility index (Phi) is 14.2. The molecule has 5 heterocycles. The van der Waals surface area contributed by atoms with Crippen LogP contribution in [0.3, 0.4) is 0 Å². The number of carbonyl (C=O) groups is 5. The summed E-state index contributed by atoms with van der Waals surface area (Å²) in [5.74, 6) is -5.97. The van der Waals surface area contributed by atoms with Crippen molar-refractivity contribution in [3.63, 3.8) is 0 Å². The minimum absolute atomic E-state index is 0.0538. The number of benzene rings is 1. The lowest BCUT2D eigenvalue weighted by Crippen LogP contribution is -2.39. The molecule has 14 nitrogen and oxygen atoms in total. The molecule has 1 atom stereocenters. The molecule has 1 saturated heterocycles. The van der Waals surface area contributed by atoms with Gasteiger partial charge in [0.1, 0.15) is 10.7 Å². The maximum Gasteiger partial charge on any atom is 0.458 e. The van der Waals surface area contributed by atoms with Crippen LogP contribution >= 0.6 is 11.6 Å². The van der Waals surface area contributed by atoms with Crippen LogP contribution in [0.25, 0.3) is 0 Å². The van der Waals surface area contributed by atoms with Gasteiger partial charge in [-0.1, -0.05) is 11.6 Å². The van der Waals surface area contributed by atoms with E-state index in [1.165, 1.54) is 0 Å². The summed E-state index contributed by atoms with van der Waals surface area (Å²) in [6.07, 6.45) is -6.43. The third-order valence-electron chi connectivity index (χ3n) is 8.06. The molecule has 2 aliphatic heterocycles. The van der Waals surface area contributed by atoms with Gasteiger partial charge in [-0.15, -0.1) is 0 Å². The summed E-state index contributed by atoms with van der Waals surface area (Å²) in [4.78, 5) is 72.9. The first-order valence-corrected chi connectivity index (χ1v) is 16.9. The predicted molar refractivity (Wildman–Crippen MR) is 186 cm³/mol. The SMILES string of the molecule is Cn1cncc1C(=O)N1CC[C@@H](CC(=O)Nc2ccc3cc2CCc2cncc(c2)Nc2ncc(Cl)c(n2)N3)C1.O=C(C(=O)C(F)(F)F)C(F)(F)F.O=CC(F)(F)F. The molecule has 0 radical (unpaired) electrons. The van der Waals surface area contributed by atoms with Crippen LogP contribution in [0.15, 0.2) is 55.4 Å². The second-order valence-electron chi connectivity index (χ2n) is 12.5. The van der Waals surface area contributed by atoms with Gasteiger partial charge in [0.05, 0.1) is 30.6 Å². The van der Waals surface area contributed by atoms with E-state index in [2.05, 4.69) is 35.9 Å². The van der Waals surface area contributed by atoms with Gasteiger partial charge in [0.25, 0.3) is 5.91 Å². The molecule has 4 aromatic rings. The van der Waals surface area contributed by atoms with Crippen LogP contribution < -0.4 is 16.0 Å². The number of aryl methyl sites for hydroxylation is 3. The largest absolute Gasteiger partial charge is 0.458 e. The van der Waals surface area contributed by atoms with E-state index in [1.54, 1.807) is 41.4 Å². The number of aldehydes is 1. The fourth-order valence-corrected chi connectivity index (χ4v) is 5.52. The number of carbonyl (C=O) groups excluding carboxylic acids is 5. The van der Waals surface area contributed by atoms with E-state index >= 15 is 0 Å². The average Bonchev–Trinajstić information content (AvgIpc) is 3.80. The smallest absolute Gasteiger partial charge is 0.339 e. The number of alkyl halides is 9. The Morgan fingerprint density at radius 3 is 2.17 bits per heavy atom. The van der Waals surface area contributed by atoms with Crippen LogP contribution in [0.2, 0.25) is 5.02 Å². The van der Waals surface area contributed by atoms with Crippen LogP contribution in [0, 0.1) is 5.92 Å². The highest BCUT2D eigenvalue weighted by atomic mass is 35.5. The highest BCUT2D eigenvalue weighted by Crippen LogP contribution is 2.30. The molecule has 0 aliphatic carbocycles. The topological polar surface area (TPSA) is 181 Å². The maximum atomic E-state index is 13.1. The van der Waals surface area contributed by atoms with E-state index in [4.69, 9.17) is 16.4 Å². The Morgan fingerprint density at radius 2 is 1.57 bits per heavy atom. The number of nitrogens with one attached hydrogen (secondary N) is 3. The second kappa shape index (κ2) is 18.4. The highest BCUT2D eigenvalue weighted by molar-refractivity contribution is 6.41. The fraction of sp³-hybridized carbons (Fsp3) is 0.324. The molecule has 0 spiro atoms. The Morgan fingerprint density at radius 1 is 0.897 bits per heavy atom. The van der Waals surface area contributed by atoms with E-state index in [-0.39, 0.29) is 17.7 Å². The summed E-state index contributed by atoms with van der Waals surface area (Å²) in [6, 6.07) is 7.79. The molecule has 0 saturated carbocycles. The zero-order valence-corrected chi connectivity index (χ0v) is 30.4. The number of hydrogen-bond donors (Lipinski definition) is 3. The van der Waals surface area contributed by atoms with Gasteiger partial charge in [-0.25, -0.2) is 9.97 Å². The van der Waals surface area contributed by atoms with Crippen molar-refractivity contribution in [1.82, 2.24) is 29.4 Å². The van der Waals surface area contributed by atoms with Crippen molar-refractivity contribution in [3.05, 3.63) is 77.2 Å². The van der Waals surface area contributed by atoms with Crippen molar-refractivity contribution >= 4 is 70.1 Å². The van der Waals surface area contributed by atoms with Gasteiger partial charge in [-0.2, -0.15) is 44.5 Å². The molecule has 6 rings (SSSR count). The van der Waals surface area contributed by atoms with Crippen molar-refractivity contribution in [2.45, 2.75) is 44.2 Å². The van der Waals surface area contributed by atoms with E-state index in [0.717, 1.165) is 41.0 Å². The molecule has 1 aromatic carbocycles. The molecule has 0 unspecified atom stereocenters. The number of pyridine rings is 1. The molecule has 3 N–H and O–H groups in total. The Hall–Kier alpha value is -6.13. The van der Waals surface area contributed by atoms with Crippen LogP contribution in [0.5, 0.6) is 0 Å². The molecular weight excluding hydrogens is 821 g/mol. The number of aromatic nitrogens is 5. The van der Waals surface area contributed by atoms with Gasteiger partial charge in [-0.05, 0) is 60.6 Å². The van der Waals surface area contributed by atoms with Crippen LogP contribution in [0.4, 0.5) is 68.3 Å². The number of rotatable bonds is 5. The molecule has 310 valence electrons. The van der Waals surface area contributed by atoms with Crippen LogP contribution in [-0.4, -0.2) is 90.7 Å². The van der Waals surface area contributed by atoms with E-state index < -0.39 is 36.4 Å². The summed E-state index contributed by atoms with van der Waals surface area (Å²) < 4.78 is 99.9. The molecule has 24 heteroatoms. The van der Waals surface area contributed by atoms with Gasteiger partial charge < -0.3 is 25.4 Å². The first kappa shape index (κ1) is 44.6. The molecule has 3 aromatic heterocycles. The van der Waals surface area contributed by atoms with Gasteiger partial charge in [-0.3, -0.25) is 29.0 Å². The molecule has 1 fully saturated rings. The van der Waals surface area contributed by atoms with Crippen molar-refractivity contribution in [2.75, 3.05) is 29.0 Å². The highest BCUT2D eigenvalue weighted by Gasteiger charge is 2.54. The Labute approximate surface area is 326 Å². The number of Topliss-reactive ketones (excluding diaryl/α,β-unsaturated/α-hetero) is 2. The molecule has 6 bridgehead atoms. The number of imidazole rings is 1. The number of halogens is 10. The standard InChI is InChI=1S/C28H28ClN9O2.C4F6O2.C2HF3O/c1-37-16-31-14-24(37)27(40)38-7-6-18(15-38)9-25(39)35-23-5-4-20-10-19(23)3-2-17-8-21(12-30-11-17)34-28-32-13-22(29)26(33-20)36-28;5-3(6,7)1(11)2(12)4(8,9)10;3-2(4,5)1-6/h4-5,8,10-14,16,18H,2-3,6-7,9,15H2,1H3,(H,35,39)(H2,32,33,34,36);;1H/t18-;;/m0../s1. The first-order chi connectivity index (χ1) is 27.0. The number of anilines is 5. The van der Waals surface area contributed by atoms with Crippen LogP contribution in [-0.2, 0) is 39.1 Å². The number of ketones is 2. The number of fused-ring (bicyclic) bond motifs is 6. The predicted octanol–water partition coefficient (Wildman–Crippen LogP) is 6.33. The Bertz CT molecular complexity index is 2140. The number of nitrogens with zero attached hydrogens (tertiary/aromatic N) is 6. The van der Waals surface area contributed by atoms with Gasteiger partial charge >= 0.3 is 30.1 Å². The fourth-order valence-electron chi connectivity index (χ4n) is 5.38. The minimum atomic E-state index is -5.77. The van der Waals surface area contributed by atoms with Crippen molar-refractivity contribution in [1.29, 1.82) is 0 Å². The lowest BCUT2D eigenvalue weighted by Gasteiger charge is -2.17. The normalized spacial score (nSPS) is 14.9. The van der Waals surface area contributed by atoms with E-state index in [0.29, 0.717) is 48.4 Å². The number of hydrogen-bond acceptors (Lipinski definition) is 11. The summed E-state index contributed by atoms with van der Waals surface area (Å²) in [5.41, 5.74) is 4.89. The molecule has 2 aliphatic rings. The van der Waals surface area contributed by atoms with Gasteiger partial charge in [0.15, 0.2) is 5.82 Å². The van der Waals surface area contributed by atoms with Crippen molar-refractivity contribution in [2.24, 2.45) is 13.0 Å². The van der Waals surface area contributed by atoms with E-state index in [1.807, 2.05) is 30.5 Å². The second-order valence-corrected chi connectivity index (χ2v) is 12.9. The zero-order chi connectivity index (χ0) is 43.0. The Balaban J connectivity index is 0.000000346.